The molecule has 2 aliphatic rings. The maximum Gasteiger partial charge on any atom is 0.324 e. The second-order valence-corrected chi connectivity index (χ2v) is 9.45. The molecular formula is C25H25ClN6O2. The van der Waals surface area contributed by atoms with Crippen molar-refractivity contribution in [2.24, 2.45) is 0 Å². The number of hydrogen-bond donors (Lipinski definition) is 5. The summed E-state index contributed by atoms with van der Waals surface area (Å²) >= 11 is 6.11. The van der Waals surface area contributed by atoms with E-state index in [1.165, 1.54) is 11.1 Å². The molecule has 2 aromatic carbocycles. The van der Waals surface area contributed by atoms with Crippen LogP contribution in [-0.4, -0.2) is 31.9 Å². The highest BCUT2D eigenvalue weighted by Crippen LogP contribution is 2.39. The quantitative estimate of drug-likeness (QED) is 0.291. The number of anilines is 2. The number of rotatable bonds is 5. The van der Waals surface area contributed by atoms with E-state index in [0.29, 0.717) is 24.1 Å². The zero-order valence-corrected chi connectivity index (χ0v) is 19.2. The SMILES string of the molecule is O=C(Nc1cc(CN[C@H]2Cc3ccc(Cl)cc3C2)[nH]n1)Nc1cccc2c(O)n3c(c12)CCC3. The number of fused-ring (bicyclic) bond motifs is 4. The van der Waals surface area contributed by atoms with E-state index < -0.39 is 0 Å². The molecule has 1 aliphatic heterocycles. The molecule has 6 rings (SSSR count). The predicted octanol–water partition coefficient (Wildman–Crippen LogP) is 4.57. The number of H-pyrrole nitrogens is 1. The van der Waals surface area contributed by atoms with Gasteiger partial charge in [-0.25, -0.2) is 4.79 Å². The summed E-state index contributed by atoms with van der Waals surface area (Å²) in [5, 5.41) is 29.4. The molecule has 0 unspecified atom stereocenters. The Hall–Kier alpha value is -3.49. The molecule has 34 heavy (non-hydrogen) atoms. The number of nitrogens with zero attached hydrogens (tertiary/aromatic N) is 2. The first kappa shape index (κ1) is 21.1. The van der Waals surface area contributed by atoms with Crippen LogP contribution in [-0.2, 0) is 32.4 Å². The maximum absolute atomic E-state index is 12.7. The van der Waals surface area contributed by atoms with Gasteiger partial charge in [-0.3, -0.25) is 10.4 Å². The van der Waals surface area contributed by atoms with E-state index in [9.17, 15) is 9.90 Å². The van der Waals surface area contributed by atoms with Gasteiger partial charge in [0.15, 0.2) is 11.7 Å². The third kappa shape index (κ3) is 3.78. The Labute approximate surface area is 201 Å². The molecule has 0 spiro atoms. The van der Waals surface area contributed by atoms with Gasteiger partial charge in [-0.1, -0.05) is 23.7 Å². The monoisotopic (exact) mass is 476 g/mol. The van der Waals surface area contributed by atoms with Crippen molar-refractivity contribution < 1.29 is 9.90 Å². The average molecular weight is 477 g/mol. The van der Waals surface area contributed by atoms with Crippen LogP contribution in [0.25, 0.3) is 10.8 Å². The number of amides is 2. The molecule has 0 saturated heterocycles. The minimum atomic E-state index is -0.376. The van der Waals surface area contributed by atoms with Crippen LogP contribution in [0, 0.1) is 0 Å². The largest absolute Gasteiger partial charge is 0.494 e. The van der Waals surface area contributed by atoms with Crippen LogP contribution in [0.1, 0.15) is 28.9 Å². The summed E-state index contributed by atoms with van der Waals surface area (Å²) in [6.07, 6.45) is 3.79. The van der Waals surface area contributed by atoms with Crippen LogP contribution in [0.3, 0.4) is 0 Å². The van der Waals surface area contributed by atoms with Gasteiger partial charge in [0.2, 0.25) is 0 Å². The number of carbonyl (C=O) groups is 1. The summed E-state index contributed by atoms with van der Waals surface area (Å²) in [5.74, 6) is 0.720. The van der Waals surface area contributed by atoms with Crippen molar-refractivity contribution in [3.63, 3.8) is 0 Å². The second-order valence-electron chi connectivity index (χ2n) is 9.01. The molecule has 174 valence electrons. The van der Waals surface area contributed by atoms with E-state index in [1.54, 1.807) is 0 Å². The number of aryl methyl sites for hydroxylation is 1. The van der Waals surface area contributed by atoms with Crippen molar-refractivity contribution in [3.8, 4) is 5.88 Å². The molecule has 0 fully saturated rings. The molecule has 0 saturated carbocycles. The lowest BCUT2D eigenvalue weighted by Gasteiger charge is -2.10. The van der Waals surface area contributed by atoms with Crippen molar-refractivity contribution in [2.45, 2.75) is 44.8 Å². The van der Waals surface area contributed by atoms with Crippen molar-refractivity contribution >= 4 is 39.9 Å². The molecule has 2 amide bonds. The third-order valence-corrected chi connectivity index (χ3v) is 7.01. The van der Waals surface area contributed by atoms with Gasteiger partial charge in [0, 0.05) is 46.7 Å². The number of hydrogen-bond acceptors (Lipinski definition) is 4. The molecule has 0 radical (unpaired) electrons. The predicted molar refractivity (Wildman–Crippen MR) is 133 cm³/mol. The van der Waals surface area contributed by atoms with Gasteiger partial charge in [-0.05, 0) is 61.1 Å². The Kier molecular flexibility index (Phi) is 5.19. The van der Waals surface area contributed by atoms with Gasteiger partial charge < -0.3 is 20.3 Å². The molecule has 4 aromatic rings. The molecule has 0 bridgehead atoms. The highest BCUT2D eigenvalue weighted by atomic mass is 35.5. The molecule has 5 N–H and O–H groups in total. The highest BCUT2D eigenvalue weighted by molar-refractivity contribution is 6.30. The van der Waals surface area contributed by atoms with Gasteiger partial charge in [-0.2, -0.15) is 5.10 Å². The summed E-state index contributed by atoms with van der Waals surface area (Å²) < 4.78 is 1.93. The van der Waals surface area contributed by atoms with Gasteiger partial charge >= 0.3 is 6.03 Å². The normalized spacial score (nSPS) is 16.6. The average Bonchev–Trinajstić information content (AvgIpc) is 3.59. The van der Waals surface area contributed by atoms with Gasteiger partial charge in [-0.15, -0.1) is 0 Å². The van der Waals surface area contributed by atoms with E-state index in [0.717, 1.165) is 59.4 Å². The summed E-state index contributed by atoms with van der Waals surface area (Å²) in [6, 6.07) is 13.4. The summed E-state index contributed by atoms with van der Waals surface area (Å²) in [7, 11) is 0. The fraction of sp³-hybridized carbons (Fsp3) is 0.280. The van der Waals surface area contributed by atoms with E-state index in [2.05, 4.69) is 32.2 Å². The molecule has 2 aromatic heterocycles. The molecular weight excluding hydrogens is 452 g/mol. The van der Waals surface area contributed by atoms with E-state index in [1.807, 2.05) is 41.0 Å². The minimum Gasteiger partial charge on any atom is -0.494 e. The standard InChI is InChI=1S/C25H25ClN6O2/c26-16-7-6-14-10-17(11-15(14)9-16)27-13-18-12-22(31-30-18)29-25(34)28-20-4-1-3-19-23(20)21-5-2-8-32(21)24(19)33/h1,3-4,6-7,9,12,17,27,33H,2,5,8,10-11,13H2,(H3,28,29,30,31,34)/t17-/m0/s1. The smallest absolute Gasteiger partial charge is 0.324 e. The van der Waals surface area contributed by atoms with Crippen molar-refractivity contribution in [2.75, 3.05) is 10.6 Å². The Morgan fingerprint density at radius 1 is 1.18 bits per heavy atom. The number of urea groups is 1. The first-order valence-corrected chi connectivity index (χ1v) is 11.9. The molecule has 8 nitrogen and oxygen atoms in total. The Balaban J connectivity index is 1.08. The number of aromatic hydroxyl groups is 1. The van der Waals surface area contributed by atoms with Crippen LogP contribution in [0.4, 0.5) is 16.3 Å². The van der Waals surface area contributed by atoms with Crippen LogP contribution in [0.2, 0.25) is 5.02 Å². The first-order valence-electron chi connectivity index (χ1n) is 11.5. The molecule has 9 heteroatoms. The van der Waals surface area contributed by atoms with Gasteiger partial charge in [0.05, 0.1) is 11.4 Å². The Morgan fingerprint density at radius 2 is 2.06 bits per heavy atom. The lowest BCUT2D eigenvalue weighted by atomic mass is 10.1. The van der Waals surface area contributed by atoms with Crippen LogP contribution >= 0.6 is 11.6 Å². The first-order chi connectivity index (χ1) is 16.5. The topological polar surface area (TPSA) is 107 Å². The summed E-state index contributed by atoms with van der Waals surface area (Å²) in [6.45, 7) is 1.42. The molecule has 1 aliphatic carbocycles. The number of nitrogens with one attached hydrogen (secondary N) is 4. The zero-order valence-electron chi connectivity index (χ0n) is 18.5. The fourth-order valence-corrected chi connectivity index (χ4v) is 5.43. The van der Waals surface area contributed by atoms with E-state index in [-0.39, 0.29) is 11.9 Å². The van der Waals surface area contributed by atoms with Crippen LogP contribution in [0.5, 0.6) is 5.88 Å². The van der Waals surface area contributed by atoms with Gasteiger partial charge in [0.25, 0.3) is 0 Å². The Morgan fingerprint density at radius 3 is 2.97 bits per heavy atom. The van der Waals surface area contributed by atoms with Crippen molar-refractivity contribution in [3.05, 3.63) is 70.0 Å². The second kappa shape index (κ2) is 8.38. The Bertz CT molecular complexity index is 1410. The van der Waals surface area contributed by atoms with Crippen molar-refractivity contribution in [1.82, 2.24) is 20.1 Å². The van der Waals surface area contributed by atoms with Crippen molar-refractivity contribution in [1.29, 1.82) is 0 Å². The van der Waals surface area contributed by atoms with Crippen LogP contribution in [0.15, 0.2) is 42.5 Å². The van der Waals surface area contributed by atoms with Crippen LogP contribution < -0.4 is 16.0 Å². The molecule has 1 atom stereocenters. The fourth-order valence-electron chi connectivity index (χ4n) is 5.24. The van der Waals surface area contributed by atoms with E-state index >= 15 is 0 Å². The number of benzene rings is 2. The highest BCUT2D eigenvalue weighted by Gasteiger charge is 2.24. The van der Waals surface area contributed by atoms with E-state index in [4.69, 9.17) is 11.6 Å². The summed E-state index contributed by atoms with van der Waals surface area (Å²) in [5.41, 5.74) is 5.27. The summed E-state index contributed by atoms with van der Waals surface area (Å²) in [4.78, 5) is 12.7. The zero-order chi connectivity index (χ0) is 23.2. The lowest BCUT2D eigenvalue weighted by Crippen LogP contribution is -2.29. The number of halogens is 1. The third-order valence-electron chi connectivity index (χ3n) is 6.77. The van der Waals surface area contributed by atoms with Gasteiger partial charge in [0.1, 0.15) is 0 Å². The number of aromatic amines is 1. The minimum absolute atomic E-state index is 0.268. The number of carbonyl (C=O) groups excluding carboxylic acids is 1. The molecule has 3 heterocycles. The number of aromatic nitrogens is 3. The maximum atomic E-state index is 12.7. The lowest BCUT2D eigenvalue weighted by molar-refractivity contribution is 0.262.